The summed E-state index contributed by atoms with van der Waals surface area (Å²) >= 11 is 0. The molecule has 1 saturated heterocycles. The third kappa shape index (κ3) is 4.76. The Morgan fingerprint density at radius 3 is 2.34 bits per heavy atom. The molecule has 0 bridgehead atoms. The van der Waals surface area contributed by atoms with E-state index in [1.807, 2.05) is 0 Å². The van der Waals surface area contributed by atoms with Gasteiger partial charge in [-0.25, -0.2) is 0 Å². The number of hydrogen-bond acceptors (Lipinski definition) is 3. The monoisotopic (exact) mass is 425 g/mol. The number of sulfonamides is 1. The van der Waals surface area contributed by atoms with Crippen molar-refractivity contribution in [2.24, 2.45) is 4.40 Å². The van der Waals surface area contributed by atoms with Gasteiger partial charge in [-0.15, -0.1) is 4.40 Å². The van der Waals surface area contributed by atoms with E-state index < -0.39 is 33.2 Å². The first-order valence-corrected chi connectivity index (χ1v) is 10.1. The summed E-state index contributed by atoms with van der Waals surface area (Å²) in [6.45, 7) is 0.735. The van der Waals surface area contributed by atoms with Gasteiger partial charge in [-0.2, -0.15) is 21.6 Å². The summed E-state index contributed by atoms with van der Waals surface area (Å²) in [7, 11) is -2.15. The number of nitrogens with zero attached hydrogens (tertiary/aromatic N) is 2. The molecule has 2 aromatic carbocycles. The highest BCUT2D eigenvalue weighted by molar-refractivity contribution is 7.90. The summed E-state index contributed by atoms with van der Waals surface area (Å²) in [5.74, 6) is -0.465. The number of amidine groups is 1. The largest absolute Gasteiger partial charge is 0.417 e. The lowest BCUT2D eigenvalue weighted by Crippen LogP contribution is -2.20. The van der Waals surface area contributed by atoms with Crippen molar-refractivity contribution in [3.63, 3.8) is 0 Å². The molecule has 0 saturated carbocycles. The zero-order valence-corrected chi connectivity index (χ0v) is 16.2. The van der Waals surface area contributed by atoms with Crippen LogP contribution in [-0.2, 0) is 16.2 Å². The molecule has 10 heteroatoms. The fraction of sp³-hybridized carbons (Fsp3) is 0.263. The van der Waals surface area contributed by atoms with E-state index >= 15 is 0 Å². The topological polar surface area (TPSA) is 78.8 Å². The SMILES string of the molecule is CN1CCC/C1=N\S(=O)(=O)c1ccc(NC(=O)c2ccccc2C(F)(F)F)cc1. The first-order valence-electron chi connectivity index (χ1n) is 8.70. The Morgan fingerprint density at radius 1 is 1.10 bits per heavy atom. The van der Waals surface area contributed by atoms with E-state index in [0.717, 1.165) is 25.1 Å². The third-order valence-electron chi connectivity index (χ3n) is 4.45. The van der Waals surface area contributed by atoms with Gasteiger partial charge in [0.25, 0.3) is 15.9 Å². The van der Waals surface area contributed by atoms with E-state index in [0.29, 0.717) is 12.3 Å². The number of carbonyl (C=O) groups is 1. The van der Waals surface area contributed by atoms with E-state index in [1.165, 1.54) is 36.4 Å². The number of carbonyl (C=O) groups excluding carboxylic acids is 1. The fourth-order valence-corrected chi connectivity index (χ4v) is 4.03. The molecule has 1 aliphatic heterocycles. The molecule has 0 radical (unpaired) electrons. The Morgan fingerprint density at radius 2 is 1.76 bits per heavy atom. The maximum absolute atomic E-state index is 13.1. The number of rotatable bonds is 4. The molecule has 0 spiro atoms. The van der Waals surface area contributed by atoms with Crippen LogP contribution in [0.25, 0.3) is 0 Å². The zero-order chi connectivity index (χ0) is 21.2. The normalized spacial score (nSPS) is 16.3. The molecule has 0 atom stereocenters. The van der Waals surface area contributed by atoms with E-state index in [4.69, 9.17) is 0 Å². The highest BCUT2D eigenvalue weighted by Gasteiger charge is 2.34. The van der Waals surface area contributed by atoms with Crippen LogP contribution in [0.4, 0.5) is 18.9 Å². The molecule has 154 valence electrons. The van der Waals surface area contributed by atoms with Crippen molar-refractivity contribution in [2.45, 2.75) is 23.9 Å². The highest BCUT2D eigenvalue weighted by atomic mass is 32.2. The zero-order valence-electron chi connectivity index (χ0n) is 15.4. The molecular weight excluding hydrogens is 407 g/mol. The quantitative estimate of drug-likeness (QED) is 0.809. The molecule has 29 heavy (non-hydrogen) atoms. The van der Waals surface area contributed by atoms with Crippen LogP contribution in [0.2, 0.25) is 0 Å². The molecule has 1 aliphatic rings. The number of likely N-dealkylation sites (tertiary alicyclic amines) is 1. The highest BCUT2D eigenvalue weighted by Crippen LogP contribution is 2.32. The van der Waals surface area contributed by atoms with Gasteiger partial charge in [0.1, 0.15) is 5.84 Å². The van der Waals surface area contributed by atoms with Gasteiger partial charge in [-0.3, -0.25) is 4.79 Å². The summed E-state index contributed by atoms with van der Waals surface area (Å²) < 4.78 is 67.9. The Balaban J connectivity index is 1.79. The molecule has 1 amide bonds. The minimum Gasteiger partial charge on any atom is -0.362 e. The number of anilines is 1. The Kier molecular flexibility index (Phi) is 5.65. The van der Waals surface area contributed by atoms with Crippen molar-refractivity contribution in [2.75, 3.05) is 18.9 Å². The number of amides is 1. The predicted octanol–water partition coefficient (Wildman–Crippen LogP) is 3.77. The van der Waals surface area contributed by atoms with E-state index in [2.05, 4.69) is 9.71 Å². The van der Waals surface area contributed by atoms with Gasteiger partial charge >= 0.3 is 6.18 Å². The molecule has 6 nitrogen and oxygen atoms in total. The van der Waals surface area contributed by atoms with E-state index in [9.17, 15) is 26.4 Å². The van der Waals surface area contributed by atoms with E-state index in [1.54, 1.807) is 11.9 Å². The van der Waals surface area contributed by atoms with Crippen molar-refractivity contribution < 1.29 is 26.4 Å². The van der Waals surface area contributed by atoms with Gasteiger partial charge in [0.05, 0.1) is 16.0 Å². The first-order chi connectivity index (χ1) is 13.6. The number of halogens is 3. The summed E-state index contributed by atoms with van der Waals surface area (Å²) in [5.41, 5.74) is -1.41. The molecule has 0 aromatic heterocycles. The van der Waals surface area contributed by atoms with Crippen molar-refractivity contribution in [1.82, 2.24) is 4.90 Å². The smallest absolute Gasteiger partial charge is 0.362 e. The average molecular weight is 425 g/mol. The number of alkyl halides is 3. The van der Waals surface area contributed by atoms with Crippen molar-refractivity contribution in [3.8, 4) is 0 Å². The van der Waals surface area contributed by atoms with Gasteiger partial charge in [-0.1, -0.05) is 12.1 Å². The van der Waals surface area contributed by atoms with Gasteiger partial charge in [-0.05, 0) is 42.8 Å². The van der Waals surface area contributed by atoms with Crippen LogP contribution in [0, 0.1) is 0 Å². The molecular formula is C19H18F3N3O3S. The standard InChI is InChI=1S/C19H18F3N3O3S/c1-25-12-4-7-17(25)24-29(27,28)14-10-8-13(9-11-14)23-18(26)15-5-2-3-6-16(15)19(20,21)22/h2-3,5-6,8-11H,4,7,12H2,1H3,(H,23,26)/b24-17+. The minimum absolute atomic E-state index is 0.0704. The maximum Gasteiger partial charge on any atom is 0.417 e. The summed E-state index contributed by atoms with van der Waals surface area (Å²) in [6, 6.07) is 9.54. The fourth-order valence-electron chi connectivity index (χ4n) is 2.94. The van der Waals surface area contributed by atoms with Crippen LogP contribution >= 0.6 is 0 Å². The number of hydrogen-bond donors (Lipinski definition) is 1. The summed E-state index contributed by atoms with van der Waals surface area (Å²) in [4.78, 5) is 14.0. The molecule has 1 heterocycles. The van der Waals surface area contributed by atoms with Crippen LogP contribution in [-0.4, -0.2) is 38.7 Å². The first kappa shape index (κ1) is 20.8. The molecule has 3 rings (SSSR count). The second-order valence-corrected chi connectivity index (χ2v) is 8.13. The van der Waals surface area contributed by atoms with Crippen LogP contribution in [0.1, 0.15) is 28.8 Å². The molecule has 2 aromatic rings. The van der Waals surface area contributed by atoms with Crippen LogP contribution < -0.4 is 5.32 Å². The van der Waals surface area contributed by atoms with E-state index in [-0.39, 0.29) is 10.6 Å². The van der Waals surface area contributed by atoms with Crippen LogP contribution in [0.5, 0.6) is 0 Å². The number of benzene rings is 2. The average Bonchev–Trinajstić information content (AvgIpc) is 3.05. The summed E-state index contributed by atoms with van der Waals surface area (Å²) in [6.07, 6.45) is -3.27. The van der Waals surface area contributed by atoms with Gasteiger partial charge in [0.15, 0.2) is 0 Å². The Labute approximate surface area is 166 Å². The minimum atomic E-state index is -4.67. The lowest BCUT2D eigenvalue weighted by atomic mass is 10.1. The lowest BCUT2D eigenvalue weighted by molar-refractivity contribution is -0.137. The van der Waals surface area contributed by atoms with Gasteiger partial charge in [0.2, 0.25) is 0 Å². The molecule has 0 aliphatic carbocycles. The lowest BCUT2D eigenvalue weighted by Gasteiger charge is -2.13. The van der Waals surface area contributed by atoms with Gasteiger partial charge in [0, 0.05) is 25.7 Å². The second-order valence-electron chi connectivity index (χ2n) is 6.53. The van der Waals surface area contributed by atoms with Crippen molar-refractivity contribution in [1.29, 1.82) is 0 Å². The molecule has 1 N–H and O–H groups in total. The predicted molar refractivity (Wildman–Crippen MR) is 102 cm³/mol. The maximum atomic E-state index is 13.1. The molecule has 0 unspecified atom stereocenters. The third-order valence-corrected chi connectivity index (χ3v) is 5.77. The van der Waals surface area contributed by atoms with Crippen molar-refractivity contribution >= 4 is 27.5 Å². The second kappa shape index (κ2) is 7.86. The number of nitrogens with one attached hydrogen (secondary N) is 1. The Bertz CT molecular complexity index is 1050. The Hall–Kier alpha value is -2.88. The van der Waals surface area contributed by atoms with Crippen LogP contribution in [0.15, 0.2) is 57.8 Å². The van der Waals surface area contributed by atoms with Crippen molar-refractivity contribution in [3.05, 3.63) is 59.7 Å². The van der Waals surface area contributed by atoms with Crippen LogP contribution in [0.3, 0.4) is 0 Å². The molecule has 1 fully saturated rings. The van der Waals surface area contributed by atoms with Gasteiger partial charge < -0.3 is 10.2 Å². The summed E-state index contributed by atoms with van der Waals surface area (Å²) in [5, 5.41) is 2.35.